The number of carboxylic acids is 3. The molecule has 11 heteroatoms. The molecule has 0 fully saturated rings. The zero-order chi connectivity index (χ0) is 24.8. The monoisotopic (exact) mass is 464 g/mol. The largest absolute Gasteiger partial charge is 0.481 e. The fourth-order valence-corrected chi connectivity index (χ4v) is 2.71. The molecular weight excluding hydrogens is 436 g/mol. The van der Waals surface area contributed by atoms with E-state index in [0.29, 0.717) is 18.2 Å². The number of unbranched alkanes of at least 4 members (excludes halogenated alkanes) is 2. The maximum atomic E-state index is 12.6. The van der Waals surface area contributed by atoms with Crippen LogP contribution in [0.5, 0.6) is 5.75 Å². The number of benzene rings is 1. The summed E-state index contributed by atoms with van der Waals surface area (Å²) in [5.41, 5.74) is 0.605. The normalized spacial score (nSPS) is 11.8. The zero-order valence-corrected chi connectivity index (χ0v) is 18.2. The number of hydrogen-bond acceptors (Lipinski definition) is 6. The Morgan fingerprint density at radius 1 is 1.00 bits per heavy atom. The van der Waals surface area contributed by atoms with Crippen LogP contribution < -0.4 is 15.4 Å². The fourth-order valence-electron chi connectivity index (χ4n) is 2.71. The molecular formula is C22H28N2O9. The van der Waals surface area contributed by atoms with Gasteiger partial charge in [-0.3, -0.25) is 14.4 Å². The van der Waals surface area contributed by atoms with Gasteiger partial charge in [-0.2, -0.15) is 0 Å². The quantitative estimate of drug-likeness (QED) is 0.145. The molecule has 0 aliphatic rings. The van der Waals surface area contributed by atoms with E-state index in [9.17, 15) is 24.0 Å². The second-order valence-corrected chi connectivity index (χ2v) is 7.11. The highest BCUT2D eigenvalue weighted by molar-refractivity contribution is 5.93. The Labute approximate surface area is 190 Å². The van der Waals surface area contributed by atoms with Gasteiger partial charge in [0.1, 0.15) is 11.8 Å². The molecule has 1 rings (SSSR count). The number of carbonyl (C=O) groups is 5. The van der Waals surface area contributed by atoms with Crippen LogP contribution in [0, 0.1) is 0 Å². The summed E-state index contributed by atoms with van der Waals surface area (Å²) in [7, 11) is 0. The van der Waals surface area contributed by atoms with Crippen molar-refractivity contribution in [1.82, 2.24) is 10.6 Å². The summed E-state index contributed by atoms with van der Waals surface area (Å²) >= 11 is 0. The van der Waals surface area contributed by atoms with E-state index in [1.165, 1.54) is 24.3 Å². The van der Waals surface area contributed by atoms with Crippen LogP contribution >= 0.6 is 0 Å². The van der Waals surface area contributed by atoms with E-state index in [1.54, 1.807) is 0 Å². The lowest BCUT2D eigenvalue weighted by molar-refractivity contribution is -0.139. The van der Waals surface area contributed by atoms with Crippen molar-refractivity contribution in [2.45, 2.75) is 51.5 Å². The lowest BCUT2D eigenvalue weighted by atomic mass is 10.0. The summed E-state index contributed by atoms with van der Waals surface area (Å²) < 4.78 is 5.07. The lowest BCUT2D eigenvalue weighted by Gasteiger charge is -2.19. The van der Waals surface area contributed by atoms with Crippen molar-refractivity contribution in [3.8, 4) is 5.75 Å². The van der Waals surface area contributed by atoms with Crippen molar-refractivity contribution >= 4 is 29.7 Å². The molecule has 5 N–H and O–H groups in total. The third-order valence-corrected chi connectivity index (χ3v) is 4.35. The van der Waals surface area contributed by atoms with Gasteiger partial charge in [0.2, 0.25) is 17.6 Å². The molecule has 0 aliphatic carbocycles. The van der Waals surface area contributed by atoms with Crippen LogP contribution in [0.3, 0.4) is 0 Å². The maximum Gasteiger partial charge on any atom is 0.372 e. The van der Waals surface area contributed by atoms with Gasteiger partial charge >= 0.3 is 17.9 Å². The summed E-state index contributed by atoms with van der Waals surface area (Å²) in [6, 6.07) is 4.93. The van der Waals surface area contributed by atoms with Crippen molar-refractivity contribution in [3.63, 3.8) is 0 Å². The Morgan fingerprint density at radius 2 is 1.67 bits per heavy atom. The molecule has 1 atom stereocenters. The number of aliphatic carboxylic acids is 3. The molecule has 33 heavy (non-hydrogen) atoms. The molecule has 0 aliphatic heterocycles. The third kappa shape index (κ3) is 11.3. The van der Waals surface area contributed by atoms with E-state index >= 15 is 0 Å². The minimum absolute atomic E-state index is 0.0692. The highest BCUT2D eigenvalue weighted by Gasteiger charge is 2.21. The Kier molecular flexibility index (Phi) is 11.7. The van der Waals surface area contributed by atoms with Gasteiger partial charge in [-0.15, -0.1) is 0 Å². The summed E-state index contributed by atoms with van der Waals surface area (Å²) in [6.45, 7) is 2.46. The van der Waals surface area contributed by atoms with E-state index in [1.807, 2.05) is 6.92 Å². The Bertz CT molecular complexity index is 878. The molecule has 0 heterocycles. The van der Waals surface area contributed by atoms with Gasteiger partial charge in [-0.1, -0.05) is 31.9 Å². The van der Waals surface area contributed by atoms with Gasteiger partial charge in [0.15, 0.2) is 0 Å². The van der Waals surface area contributed by atoms with E-state index in [-0.39, 0.29) is 25.0 Å². The Balaban J connectivity index is 2.88. The molecule has 1 aromatic carbocycles. The SMILES string of the molecule is CCCCCNC(=O)C(Cc1ccc(O/C(=C\C(=O)O)C(=O)O)cc1)NC(=O)CCC(=O)O. The minimum Gasteiger partial charge on any atom is -0.481 e. The topological polar surface area (TPSA) is 179 Å². The first-order valence-corrected chi connectivity index (χ1v) is 10.4. The first kappa shape index (κ1) is 27.1. The molecule has 0 aromatic heterocycles. The molecule has 2 amide bonds. The second-order valence-electron chi connectivity index (χ2n) is 7.11. The van der Waals surface area contributed by atoms with Crippen LogP contribution in [0.25, 0.3) is 0 Å². The predicted octanol–water partition coefficient (Wildman–Crippen LogP) is 1.32. The zero-order valence-electron chi connectivity index (χ0n) is 18.2. The molecule has 0 radical (unpaired) electrons. The Hall–Kier alpha value is -3.89. The molecule has 1 aromatic rings. The highest BCUT2D eigenvalue weighted by Crippen LogP contribution is 2.17. The Morgan fingerprint density at radius 3 is 2.21 bits per heavy atom. The minimum atomic E-state index is -1.55. The average molecular weight is 464 g/mol. The number of carbonyl (C=O) groups excluding carboxylic acids is 2. The van der Waals surface area contributed by atoms with Gasteiger partial charge in [-0.05, 0) is 24.1 Å². The first-order valence-electron chi connectivity index (χ1n) is 10.4. The van der Waals surface area contributed by atoms with Gasteiger partial charge in [-0.25, -0.2) is 9.59 Å². The van der Waals surface area contributed by atoms with Gasteiger partial charge in [0, 0.05) is 19.4 Å². The molecule has 0 spiro atoms. The predicted molar refractivity (Wildman–Crippen MR) is 115 cm³/mol. The van der Waals surface area contributed by atoms with Crippen LogP contribution in [0.1, 0.15) is 44.6 Å². The first-order chi connectivity index (χ1) is 15.6. The number of amides is 2. The number of nitrogens with one attached hydrogen (secondary N) is 2. The van der Waals surface area contributed by atoms with E-state index in [0.717, 1.165) is 19.3 Å². The highest BCUT2D eigenvalue weighted by atomic mass is 16.5. The van der Waals surface area contributed by atoms with E-state index in [2.05, 4.69) is 10.6 Å². The van der Waals surface area contributed by atoms with Crippen LogP contribution in [0.4, 0.5) is 0 Å². The van der Waals surface area contributed by atoms with Crippen molar-refractivity contribution < 1.29 is 44.0 Å². The fraction of sp³-hybridized carbons (Fsp3) is 0.409. The number of ether oxygens (including phenoxy) is 1. The van der Waals surface area contributed by atoms with Crippen LogP contribution in [0.2, 0.25) is 0 Å². The molecule has 11 nitrogen and oxygen atoms in total. The summed E-state index contributed by atoms with van der Waals surface area (Å²) in [4.78, 5) is 57.1. The lowest BCUT2D eigenvalue weighted by Crippen LogP contribution is -2.48. The van der Waals surface area contributed by atoms with Crippen LogP contribution in [0.15, 0.2) is 36.1 Å². The maximum absolute atomic E-state index is 12.6. The van der Waals surface area contributed by atoms with Gasteiger partial charge < -0.3 is 30.7 Å². The third-order valence-electron chi connectivity index (χ3n) is 4.35. The summed E-state index contributed by atoms with van der Waals surface area (Å²) in [5.74, 6) is -5.84. The molecule has 0 saturated heterocycles. The van der Waals surface area contributed by atoms with Crippen molar-refractivity contribution in [2.24, 2.45) is 0 Å². The molecule has 0 saturated carbocycles. The standard InChI is InChI=1S/C22H28N2O9/c1-2-3-4-11-23-21(30)16(24-18(25)9-10-19(26)27)12-14-5-7-15(8-6-14)33-17(22(31)32)13-20(28)29/h5-8,13,16H,2-4,9-12H2,1H3,(H,23,30)(H,24,25)(H,26,27)(H,28,29)(H,31,32)/b17-13-. The van der Waals surface area contributed by atoms with Gasteiger partial charge in [0.05, 0.1) is 12.5 Å². The average Bonchev–Trinajstić information content (AvgIpc) is 2.75. The van der Waals surface area contributed by atoms with E-state index in [4.69, 9.17) is 20.1 Å². The molecule has 0 bridgehead atoms. The molecule has 1 unspecified atom stereocenters. The van der Waals surface area contributed by atoms with Crippen molar-refractivity contribution in [2.75, 3.05) is 6.54 Å². The van der Waals surface area contributed by atoms with Crippen LogP contribution in [-0.2, 0) is 30.4 Å². The smallest absolute Gasteiger partial charge is 0.372 e. The number of carboxylic acid groups (broad SMARTS) is 3. The van der Waals surface area contributed by atoms with Crippen molar-refractivity contribution in [3.05, 3.63) is 41.7 Å². The summed E-state index contributed by atoms with van der Waals surface area (Å²) in [6.07, 6.45) is 2.58. The summed E-state index contributed by atoms with van der Waals surface area (Å²) in [5, 5.41) is 31.8. The van der Waals surface area contributed by atoms with Crippen LogP contribution in [-0.4, -0.2) is 57.6 Å². The number of rotatable bonds is 15. The molecule has 180 valence electrons. The number of hydrogen-bond donors (Lipinski definition) is 5. The second kappa shape index (κ2) is 14.2. The van der Waals surface area contributed by atoms with Crippen molar-refractivity contribution in [1.29, 1.82) is 0 Å². The van der Waals surface area contributed by atoms with Gasteiger partial charge in [0.25, 0.3) is 0 Å². The van der Waals surface area contributed by atoms with E-state index < -0.39 is 41.5 Å².